The van der Waals surface area contributed by atoms with Gasteiger partial charge in [-0.3, -0.25) is 9.59 Å². The largest absolute Gasteiger partial charge is 0.360 e. The van der Waals surface area contributed by atoms with E-state index in [9.17, 15) is 9.59 Å². The van der Waals surface area contributed by atoms with Crippen LogP contribution in [0, 0.1) is 5.53 Å². The second-order valence-corrected chi connectivity index (χ2v) is 6.86. The van der Waals surface area contributed by atoms with E-state index in [1.807, 2.05) is 11.0 Å². The molecule has 2 aromatic heterocycles. The van der Waals surface area contributed by atoms with Crippen LogP contribution in [0.5, 0.6) is 0 Å². The Labute approximate surface area is 172 Å². The maximum Gasteiger partial charge on any atom is 0.259 e. The zero-order chi connectivity index (χ0) is 20.9. The Kier molecular flexibility index (Phi) is 5.62. The number of benzene rings is 1. The van der Waals surface area contributed by atoms with Crippen LogP contribution in [-0.2, 0) is 0 Å². The van der Waals surface area contributed by atoms with E-state index in [0.717, 1.165) is 18.5 Å². The summed E-state index contributed by atoms with van der Waals surface area (Å²) in [6, 6.07) is 12.3. The first-order valence-corrected chi connectivity index (χ1v) is 9.58. The van der Waals surface area contributed by atoms with E-state index in [0.29, 0.717) is 30.0 Å². The van der Waals surface area contributed by atoms with Crippen LogP contribution in [0.15, 0.2) is 64.8 Å². The smallest absolute Gasteiger partial charge is 0.259 e. The molecular formula is C21H21N7O2. The van der Waals surface area contributed by atoms with Gasteiger partial charge in [0.2, 0.25) is 0 Å². The van der Waals surface area contributed by atoms with Crippen molar-refractivity contribution in [1.29, 1.82) is 5.53 Å². The van der Waals surface area contributed by atoms with Gasteiger partial charge in [-0.15, -0.1) is 0 Å². The second-order valence-electron chi connectivity index (χ2n) is 6.86. The standard InChI is InChI=1S/C21H21N7O2/c22-27-18(17-12-15-2-1-7-24-19(15)26-20(17)29)13-25-16-5-3-14(4-6-16)21(30)28-10-8-23-9-11-28/h1-7,12-13,22-23,25H,8-11H2,(H,24,26,29)/b18-13-,27-22?. The molecule has 0 aliphatic carbocycles. The van der Waals surface area contributed by atoms with Crippen LogP contribution in [0.1, 0.15) is 15.9 Å². The zero-order valence-corrected chi connectivity index (χ0v) is 16.2. The van der Waals surface area contributed by atoms with Crippen molar-refractivity contribution in [2.24, 2.45) is 5.11 Å². The van der Waals surface area contributed by atoms with Gasteiger partial charge in [-0.25, -0.2) is 10.5 Å². The van der Waals surface area contributed by atoms with Crippen LogP contribution >= 0.6 is 0 Å². The fraction of sp³-hybridized carbons (Fsp3) is 0.190. The van der Waals surface area contributed by atoms with Gasteiger partial charge in [0.25, 0.3) is 11.5 Å². The Balaban J connectivity index is 1.52. The third-order valence-electron chi connectivity index (χ3n) is 4.92. The van der Waals surface area contributed by atoms with Crippen molar-refractivity contribution >= 4 is 28.3 Å². The van der Waals surface area contributed by atoms with Crippen LogP contribution in [-0.4, -0.2) is 47.0 Å². The molecule has 3 heterocycles. The third kappa shape index (κ3) is 4.11. The van der Waals surface area contributed by atoms with Gasteiger partial charge in [0.1, 0.15) is 11.3 Å². The molecule has 152 valence electrons. The summed E-state index contributed by atoms with van der Waals surface area (Å²) in [6.45, 7) is 3.01. The molecule has 4 rings (SSSR count). The van der Waals surface area contributed by atoms with E-state index < -0.39 is 0 Å². The first-order chi connectivity index (χ1) is 14.7. The Hall–Kier alpha value is -3.85. The summed E-state index contributed by atoms with van der Waals surface area (Å²) in [6.07, 6.45) is 3.09. The number of aromatic nitrogens is 2. The SMILES string of the molecule is N=N/C(=C\Nc1ccc(C(=O)N2CCNCC2)cc1)c1cc2cccnc2[nH]c1=O. The normalized spacial score (nSPS) is 14.5. The van der Waals surface area contributed by atoms with Gasteiger partial charge in [-0.2, -0.15) is 5.11 Å². The highest BCUT2D eigenvalue weighted by atomic mass is 16.2. The summed E-state index contributed by atoms with van der Waals surface area (Å²) in [5.74, 6) is 0.0109. The molecule has 0 atom stereocenters. The number of nitrogens with zero attached hydrogens (tertiary/aromatic N) is 3. The molecule has 9 heteroatoms. The molecule has 1 aliphatic rings. The van der Waals surface area contributed by atoms with Gasteiger partial charge in [0, 0.05) is 55.2 Å². The van der Waals surface area contributed by atoms with Crippen LogP contribution < -0.4 is 16.2 Å². The number of hydrogen-bond donors (Lipinski definition) is 4. The average molecular weight is 403 g/mol. The molecule has 4 N–H and O–H groups in total. The van der Waals surface area contributed by atoms with Crippen molar-refractivity contribution in [3.8, 4) is 0 Å². The number of hydrogen-bond acceptors (Lipinski definition) is 7. The molecule has 30 heavy (non-hydrogen) atoms. The molecule has 1 aliphatic heterocycles. The summed E-state index contributed by atoms with van der Waals surface area (Å²) in [5, 5.41) is 10.5. The second kappa shape index (κ2) is 8.66. The van der Waals surface area contributed by atoms with Gasteiger partial charge < -0.3 is 20.5 Å². The fourth-order valence-electron chi connectivity index (χ4n) is 3.31. The van der Waals surface area contributed by atoms with Crippen LogP contribution in [0.2, 0.25) is 0 Å². The lowest BCUT2D eigenvalue weighted by Gasteiger charge is -2.27. The Morgan fingerprint density at radius 2 is 1.97 bits per heavy atom. The number of fused-ring (bicyclic) bond motifs is 1. The van der Waals surface area contributed by atoms with Crippen LogP contribution in [0.3, 0.4) is 0 Å². The van der Waals surface area contributed by atoms with Gasteiger partial charge in [-0.05, 0) is 42.5 Å². The number of piperazine rings is 1. The maximum absolute atomic E-state index is 12.5. The van der Waals surface area contributed by atoms with E-state index in [1.165, 1.54) is 6.20 Å². The number of anilines is 1. The molecule has 0 unspecified atom stereocenters. The quantitative estimate of drug-likeness (QED) is 0.487. The highest BCUT2D eigenvalue weighted by Crippen LogP contribution is 2.18. The molecule has 0 spiro atoms. The molecule has 0 bridgehead atoms. The van der Waals surface area contributed by atoms with E-state index in [-0.39, 0.29) is 22.7 Å². The van der Waals surface area contributed by atoms with Gasteiger partial charge in [0.05, 0.1) is 5.56 Å². The number of carbonyl (C=O) groups excluding carboxylic acids is 1. The van der Waals surface area contributed by atoms with Crippen molar-refractivity contribution in [3.63, 3.8) is 0 Å². The minimum atomic E-state index is -0.373. The molecular weight excluding hydrogens is 382 g/mol. The summed E-state index contributed by atoms with van der Waals surface area (Å²) >= 11 is 0. The van der Waals surface area contributed by atoms with E-state index in [1.54, 1.807) is 42.6 Å². The van der Waals surface area contributed by atoms with E-state index in [4.69, 9.17) is 5.53 Å². The van der Waals surface area contributed by atoms with Gasteiger partial charge >= 0.3 is 0 Å². The number of amides is 1. The highest BCUT2D eigenvalue weighted by Gasteiger charge is 2.17. The Morgan fingerprint density at radius 1 is 1.20 bits per heavy atom. The molecule has 1 aromatic carbocycles. The van der Waals surface area contributed by atoms with Crippen molar-refractivity contribution in [3.05, 3.63) is 76.3 Å². The van der Waals surface area contributed by atoms with Crippen molar-refractivity contribution < 1.29 is 4.79 Å². The summed E-state index contributed by atoms with van der Waals surface area (Å²) in [4.78, 5) is 33.5. The molecule has 0 radical (unpaired) electrons. The summed E-state index contributed by atoms with van der Waals surface area (Å²) in [5.41, 5.74) is 9.36. The predicted octanol–water partition coefficient (Wildman–Crippen LogP) is 2.41. The molecule has 0 saturated carbocycles. The first-order valence-electron chi connectivity index (χ1n) is 9.58. The van der Waals surface area contributed by atoms with E-state index in [2.05, 4.69) is 25.7 Å². The van der Waals surface area contributed by atoms with Crippen LogP contribution in [0.25, 0.3) is 16.7 Å². The number of aromatic amines is 1. The topological polar surface area (TPSA) is 126 Å². The van der Waals surface area contributed by atoms with Gasteiger partial charge in [0.15, 0.2) is 0 Å². The zero-order valence-electron chi connectivity index (χ0n) is 16.2. The molecule has 1 fully saturated rings. The Bertz CT molecular complexity index is 1160. The molecule has 1 amide bonds. The molecule has 3 aromatic rings. The van der Waals surface area contributed by atoms with Crippen molar-refractivity contribution in [2.75, 3.05) is 31.5 Å². The Morgan fingerprint density at radius 3 is 2.70 bits per heavy atom. The number of carbonyl (C=O) groups is 1. The first kappa shape index (κ1) is 19.5. The van der Waals surface area contributed by atoms with Crippen LogP contribution in [0.4, 0.5) is 5.69 Å². The minimum absolute atomic E-state index is 0.0109. The average Bonchev–Trinajstić information content (AvgIpc) is 2.80. The highest BCUT2D eigenvalue weighted by molar-refractivity contribution is 5.94. The minimum Gasteiger partial charge on any atom is -0.360 e. The molecule has 9 nitrogen and oxygen atoms in total. The summed E-state index contributed by atoms with van der Waals surface area (Å²) in [7, 11) is 0. The van der Waals surface area contributed by atoms with E-state index >= 15 is 0 Å². The number of pyridine rings is 2. The summed E-state index contributed by atoms with van der Waals surface area (Å²) < 4.78 is 0. The predicted molar refractivity (Wildman–Crippen MR) is 114 cm³/mol. The van der Waals surface area contributed by atoms with Crippen molar-refractivity contribution in [2.45, 2.75) is 0 Å². The lowest BCUT2D eigenvalue weighted by molar-refractivity contribution is 0.0736. The van der Waals surface area contributed by atoms with Crippen molar-refractivity contribution in [1.82, 2.24) is 20.2 Å². The lowest BCUT2D eigenvalue weighted by atomic mass is 10.1. The lowest BCUT2D eigenvalue weighted by Crippen LogP contribution is -2.46. The fourth-order valence-corrected chi connectivity index (χ4v) is 3.31. The number of H-pyrrole nitrogens is 1. The number of rotatable bonds is 5. The maximum atomic E-state index is 12.5. The number of nitrogens with one attached hydrogen (secondary N) is 4. The monoisotopic (exact) mass is 403 g/mol. The molecule has 1 saturated heterocycles. The van der Waals surface area contributed by atoms with Gasteiger partial charge in [-0.1, -0.05) is 0 Å². The third-order valence-corrected chi connectivity index (χ3v) is 4.92.